The highest BCUT2D eigenvalue weighted by atomic mass is 16.5. The van der Waals surface area contributed by atoms with Crippen molar-refractivity contribution in [3.05, 3.63) is 83.2 Å². The third-order valence-corrected chi connectivity index (χ3v) is 5.47. The average molecular weight is 464 g/mol. The van der Waals surface area contributed by atoms with Crippen molar-refractivity contribution in [1.82, 2.24) is 14.7 Å². The molecular weight excluding hydrogens is 434 g/mol. The van der Waals surface area contributed by atoms with Gasteiger partial charge in [0, 0.05) is 18.7 Å². The van der Waals surface area contributed by atoms with Gasteiger partial charge in [-0.05, 0) is 43.7 Å². The molecule has 3 rings (SSSR count). The molecule has 178 valence electrons. The first-order chi connectivity index (χ1) is 16.3. The van der Waals surface area contributed by atoms with Crippen LogP contribution >= 0.6 is 0 Å². The fraction of sp³-hybridized carbons (Fsp3) is 0.308. The van der Waals surface area contributed by atoms with Gasteiger partial charge in [-0.25, -0.2) is 9.48 Å². The molecular formula is C26H29N3O5. The van der Waals surface area contributed by atoms with E-state index >= 15 is 0 Å². The zero-order valence-electron chi connectivity index (χ0n) is 19.9. The lowest BCUT2D eigenvalue weighted by Gasteiger charge is -2.25. The number of nitrogens with zero attached hydrogens (tertiary/aromatic N) is 3. The third-order valence-electron chi connectivity index (χ3n) is 5.47. The lowest BCUT2D eigenvalue weighted by Crippen LogP contribution is -2.36. The van der Waals surface area contributed by atoms with Crippen LogP contribution in [0.2, 0.25) is 0 Å². The summed E-state index contributed by atoms with van der Waals surface area (Å²) in [5.74, 6) is -1.46. The molecule has 8 nitrogen and oxygen atoms in total. The van der Waals surface area contributed by atoms with E-state index in [-0.39, 0.29) is 25.0 Å². The lowest BCUT2D eigenvalue weighted by atomic mass is 10.1. The number of hydrogen-bond acceptors (Lipinski definition) is 6. The van der Waals surface area contributed by atoms with E-state index in [9.17, 15) is 14.4 Å². The number of hydrogen-bond donors (Lipinski definition) is 0. The Bertz CT molecular complexity index is 1140. The Labute approximate surface area is 199 Å². The fourth-order valence-corrected chi connectivity index (χ4v) is 3.64. The number of methoxy groups -OCH3 is 1. The highest BCUT2D eigenvalue weighted by Gasteiger charge is 2.23. The second kappa shape index (κ2) is 11.3. The number of benzene rings is 2. The molecule has 0 saturated carbocycles. The monoisotopic (exact) mass is 463 g/mol. The van der Waals surface area contributed by atoms with Crippen LogP contribution in [0.25, 0.3) is 5.69 Å². The Hall–Kier alpha value is -3.94. The number of carbonyl (C=O) groups excluding carboxylic acids is 3. The molecule has 8 heteroatoms. The first-order valence-electron chi connectivity index (χ1n) is 11.1. The van der Waals surface area contributed by atoms with Crippen molar-refractivity contribution in [2.24, 2.45) is 5.92 Å². The van der Waals surface area contributed by atoms with Gasteiger partial charge in [0.25, 0.3) is 5.91 Å². The Morgan fingerprint density at radius 1 is 1.06 bits per heavy atom. The second-order valence-electron chi connectivity index (χ2n) is 7.92. The van der Waals surface area contributed by atoms with Gasteiger partial charge in [0.05, 0.1) is 37.2 Å². The fourth-order valence-electron chi connectivity index (χ4n) is 3.64. The van der Waals surface area contributed by atoms with Gasteiger partial charge < -0.3 is 14.4 Å². The molecule has 0 aliphatic heterocycles. The van der Waals surface area contributed by atoms with Crippen LogP contribution in [0.15, 0.2) is 60.8 Å². The van der Waals surface area contributed by atoms with Gasteiger partial charge in [-0.15, -0.1) is 0 Å². The van der Waals surface area contributed by atoms with Crippen molar-refractivity contribution < 1.29 is 23.9 Å². The topological polar surface area (TPSA) is 90.7 Å². The van der Waals surface area contributed by atoms with Crippen LogP contribution < -0.4 is 0 Å². The van der Waals surface area contributed by atoms with E-state index in [0.717, 1.165) is 5.56 Å². The average Bonchev–Trinajstić information content (AvgIpc) is 3.24. The maximum Gasteiger partial charge on any atom is 0.341 e. The van der Waals surface area contributed by atoms with Gasteiger partial charge in [-0.3, -0.25) is 9.59 Å². The largest absolute Gasteiger partial charge is 0.469 e. The molecule has 1 unspecified atom stereocenters. The van der Waals surface area contributed by atoms with Crippen LogP contribution in [0.4, 0.5) is 0 Å². The predicted octanol–water partition coefficient (Wildman–Crippen LogP) is 3.81. The minimum Gasteiger partial charge on any atom is -0.469 e. The molecule has 34 heavy (non-hydrogen) atoms. The van der Waals surface area contributed by atoms with E-state index in [1.807, 2.05) is 30.3 Å². The van der Waals surface area contributed by atoms with Crippen LogP contribution in [-0.4, -0.2) is 52.8 Å². The summed E-state index contributed by atoms with van der Waals surface area (Å²) in [4.78, 5) is 39.1. The molecule has 0 radical (unpaired) electrons. The Morgan fingerprint density at radius 3 is 2.35 bits per heavy atom. The quantitative estimate of drug-likeness (QED) is 0.448. The summed E-state index contributed by atoms with van der Waals surface area (Å²) in [7, 11) is 1.34. The Balaban J connectivity index is 1.83. The van der Waals surface area contributed by atoms with E-state index in [1.165, 1.54) is 13.3 Å². The summed E-state index contributed by atoms with van der Waals surface area (Å²) in [5.41, 5.74) is 3.19. The molecule has 0 N–H and O–H groups in total. The molecule has 0 aliphatic carbocycles. The number of amides is 1. The summed E-state index contributed by atoms with van der Waals surface area (Å²) >= 11 is 0. The normalized spacial score (nSPS) is 11.5. The molecule has 1 amide bonds. The first kappa shape index (κ1) is 24.7. The van der Waals surface area contributed by atoms with E-state index in [0.29, 0.717) is 29.1 Å². The van der Waals surface area contributed by atoms with Crippen LogP contribution in [0, 0.1) is 12.8 Å². The van der Waals surface area contributed by atoms with Crippen LogP contribution in [-0.2, 0) is 20.8 Å². The first-order valence-corrected chi connectivity index (χ1v) is 11.1. The van der Waals surface area contributed by atoms with Crippen LogP contribution in [0.1, 0.15) is 45.8 Å². The summed E-state index contributed by atoms with van der Waals surface area (Å²) in [6, 6.07) is 16.6. The minimum atomic E-state index is -0.468. The molecule has 0 saturated heterocycles. The number of ether oxygens (including phenoxy) is 2. The number of rotatable bonds is 9. The zero-order chi connectivity index (χ0) is 24.7. The molecule has 1 aromatic heterocycles. The molecule has 0 spiro atoms. The molecule has 1 atom stereocenters. The van der Waals surface area contributed by atoms with Gasteiger partial charge in [0.2, 0.25) is 0 Å². The molecule has 0 bridgehead atoms. The van der Waals surface area contributed by atoms with Crippen molar-refractivity contribution in [1.29, 1.82) is 0 Å². The number of carbonyl (C=O) groups is 3. The summed E-state index contributed by atoms with van der Waals surface area (Å²) < 4.78 is 11.5. The van der Waals surface area contributed by atoms with Gasteiger partial charge in [0.15, 0.2) is 0 Å². The van der Waals surface area contributed by atoms with Crippen LogP contribution in [0.3, 0.4) is 0 Å². The van der Waals surface area contributed by atoms with E-state index < -0.39 is 11.9 Å². The highest BCUT2D eigenvalue weighted by Crippen LogP contribution is 2.18. The molecule has 1 heterocycles. The second-order valence-corrected chi connectivity index (χ2v) is 7.92. The van der Waals surface area contributed by atoms with Crippen molar-refractivity contribution in [2.45, 2.75) is 27.3 Å². The van der Waals surface area contributed by atoms with Gasteiger partial charge in [-0.1, -0.05) is 37.3 Å². The maximum absolute atomic E-state index is 13.4. The molecule has 0 fully saturated rings. The number of aromatic nitrogens is 2. The third kappa shape index (κ3) is 5.70. The standard InChI is InChI=1S/C26H29N3O5/c1-5-34-26(32)23-15-27-29(19(23)3)22-13-11-21(12-14-22)24(30)28(16-18(2)25(31)33-4)17-20-9-7-6-8-10-20/h6-15,18H,5,16-17H2,1-4H3. The summed E-state index contributed by atoms with van der Waals surface area (Å²) in [6.45, 7) is 6.15. The molecule has 3 aromatic rings. The maximum atomic E-state index is 13.4. The molecule has 0 aliphatic rings. The van der Waals surface area contributed by atoms with Crippen molar-refractivity contribution in [2.75, 3.05) is 20.3 Å². The van der Waals surface area contributed by atoms with E-state index in [1.54, 1.807) is 54.6 Å². The summed E-state index contributed by atoms with van der Waals surface area (Å²) in [5, 5.41) is 4.29. The zero-order valence-corrected chi connectivity index (χ0v) is 19.9. The predicted molar refractivity (Wildman–Crippen MR) is 127 cm³/mol. The van der Waals surface area contributed by atoms with E-state index in [2.05, 4.69) is 5.10 Å². The minimum absolute atomic E-state index is 0.199. The van der Waals surface area contributed by atoms with Gasteiger partial charge >= 0.3 is 11.9 Å². The van der Waals surface area contributed by atoms with Crippen molar-refractivity contribution in [3.63, 3.8) is 0 Å². The molecule has 2 aromatic carbocycles. The Morgan fingerprint density at radius 2 is 1.74 bits per heavy atom. The van der Waals surface area contributed by atoms with Gasteiger partial charge in [0.1, 0.15) is 5.56 Å². The van der Waals surface area contributed by atoms with Crippen molar-refractivity contribution in [3.8, 4) is 5.69 Å². The summed E-state index contributed by atoms with van der Waals surface area (Å²) in [6.07, 6.45) is 1.47. The van der Waals surface area contributed by atoms with E-state index in [4.69, 9.17) is 9.47 Å². The number of esters is 2. The highest BCUT2D eigenvalue weighted by molar-refractivity contribution is 5.94. The van der Waals surface area contributed by atoms with Gasteiger partial charge in [-0.2, -0.15) is 5.10 Å². The smallest absolute Gasteiger partial charge is 0.341 e. The lowest BCUT2D eigenvalue weighted by molar-refractivity contribution is -0.145. The Kier molecular flexibility index (Phi) is 8.19. The SMILES string of the molecule is CCOC(=O)c1cnn(-c2ccc(C(=O)N(Cc3ccccc3)CC(C)C(=O)OC)cc2)c1C. The van der Waals surface area contributed by atoms with Crippen molar-refractivity contribution >= 4 is 17.8 Å². The van der Waals surface area contributed by atoms with Crippen LogP contribution in [0.5, 0.6) is 0 Å².